The summed E-state index contributed by atoms with van der Waals surface area (Å²) in [7, 11) is 0. The molecule has 67 heavy (non-hydrogen) atoms. The number of aliphatic hydroxyl groups excluding tert-OH is 1. The molecule has 3 aromatic heterocycles. The van der Waals surface area contributed by atoms with E-state index >= 15 is 0 Å². The summed E-state index contributed by atoms with van der Waals surface area (Å²) >= 11 is 0. The molecule has 0 bridgehead atoms. The fourth-order valence-electron chi connectivity index (χ4n) is 6.57. The van der Waals surface area contributed by atoms with E-state index in [1.54, 1.807) is 6.20 Å². The third-order valence-corrected chi connectivity index (χ3v) is 10.1. The third kappa shape index (κ3) is 17.8. The predicted octanol–water partition coefficient (Wildman–Crippen LogP) is 15.4. The summed E-state index contributed by atoms with van der Waals surface area (Å²) in [5.74, 6) is 0.731. The van der Waals surface area contributed by atoms with Gasteiger partial charge in [-0.25, -0.2) is 0 Å². The monoisotopic (exact) mass is 1240 g/mol. The molecule has 8 aromatic rings. The summed E-state index contributed by atoms with van der Waals surface area (Å²) in [6.45, 7) is 19.9. The van der Waals surface area contributed by atoms with Gasteiger partial charge >= 0.3 is 0 Å². The van der Waals surface area contributed by atoms with Crippen molar-refractivity contribution < 1.29 is 50.1 Å². The Bertz CT molecular complexity index is 2630. The first-order chi connectivity index (χ1) is 31.0. The number of nitrogens with zero attached hydrogens (tertiary/aromatic N) is 3. The molecule has 0 aliphatic rings. The molecule has 0 aliphatic heterocycles. The van der Waals surface area contributed by atoms with Crippen molar-refractivity contribution in [1.82, 2.24) is 15.0 Å². The zero-order valence-electron chi connectivity index (χ0n) is 40.3. The molecule has 0 saturated carbocycles. The predicted molar refractivity (Wildman–Crippen MR) is 271 cm³/mol. The Balaban J connectivity index is 0.000000242. The Morgan fingerprint density at radius 3 is 1.75 bits per heavy atom. The summed E-state index contributed by atoms with van der Waals surface area (Å²) in [6.07, 6.45) is 6.10. The molecule has 0 fully saturated rings. The summed E-state index contributed by atoms with van der Waals surface area (Å²) in [5, 5.41) is 10.8. The minimum absolute atomic E-state index is 0. The van der Waals surface area contributed by atoms with E-state index in [0.717, 1.165) is 56.8 Å². The van der Waals surface area contributed by atoms with Crippen LogP contribution in [0.4, 0.5) is 0 Å². The molecule has 8 rings (SSSR count). The van der Waals surface area contributed by atoms with Gasteiger partial charge in [0.25, 0.3) is 0 Å². The van der Waals surface area contributed by atoms with Crippen LogP contribution >= 0.6 is 0 Å². The van der Waals surface area contributed by atoms with Crippen molar-refractivity contribution in [1.29, 1.82) is 0 Å². The van der Waals surface area contributed by atoms with Gasteiger partial charge in [0.2, 0.25) is 0 Å². The number of hydrogen-bond acceptors (Lipinski definition) is 5. The summed E-state index contributed by atoms with van der Waals surface area (Å²) < 4.78 is 0. The minimum atomic E-state index is -0.417. The SMILES string of the molecule is CC(C)(C)C(=O)C=C(O)C(C)(C)C.Cc1[c-]c(-c2cc(CC(C)C)c3ccccc3n2)cc(C)c1.[Ir].[Ir].[c-]1ccccc1-c1ccc(-c2ccccc2)cn1.[c-]1ccccc1-c1ccccn1. The van der Waals surface area contributed by atoms with Gasteiger partial charge in [0.05, 0.1) is 5.52 Å². The first-order valence-electron chi connectivity index (χ1n) is 22.2. The average Bonchev–Trinajstić information content (AvgIpc) is 3.30. The van der Waals surface area contributed by atoms with E-state index in [-0.39, 0.29) is 57.2 Å². The molecule has 0 amide bonds. The molecule has 1 N–H and O–H groups in total. The number of ketones is 1. The number of carbonyl (C=O) groups is 1. The fourth-order valence-corrected chi connectivity index (χ4v) is 6.57. The number of allylic oxidation sites excluding steroid dienone is 2. The molecule has 0 spiro atoms. The second-order valence-electron chi connectivity index (χ2n) is 18.5. The van der Waals surface area contributed by atoms with Crippen LogP contribution in [0.2, 0.25) is 0 Å². The summed E-state index contributed by atoms with van der Waals surface area (Å²) in [6, 6.07) is 60.7. The van der Waals surface area contributed by atoms with E-state index in [1.807, 2.05) is 139 Å². The van der Waals surface area contributed by atoms with Gasteiger partial charge in [-0.3, -0.25) is 9.78 Å². The van der Waals surface area contributed by atoms with Gasteiger partial charge in [0, 0.05) is 74.9 Å². The van der Waals surface area contributed by atoms with E-state index < -0.39 is 5.41 Å². The second-order valence-corrected chi connectivity index (χ2v) is 18.5. The number of carbonyl (C=O) groups excluding carboxylic acids is 1. The molecular weight excluding hydrogens is 1180 g/mol. The average molecular weight is 1240 g/mol. The van der Waals surface area contributed by atoms with Crippen LogP contribution in [-0.4, -0.2) is 25.8 Å². The van der Waals surface area contributed by atoms with E-state index in [9.17, 15) is 9.90 Å². The molecule has 5 aromatic carbocycles. The van der Waals surface area contributed by atoms with E-state index in [1.165, 1.54) is 28.2 Å². The van der Waals surface area contributed by atoms with Crippen molar-refractivity contribution in [2.45, 2.75) is 75.7 Å². The maximum atomic E-state index is 11.5. The van der Waals surface area contributed by atoms with Crippen LogP contribution in [0.1, 0.15) is 72.1 Å². The van der Waals surface area contributed by atoms with Crippen molar-refractivity contribution in [3.8, 4) is 44.9 Å². The van der Waals surface area contributed by atoms with Crippen LogP contribution in [0.3, 0.4) is 0 Å². The fraction of sp³-hybridized carbons (Fsp3) is 0.233. The number of aromatic nitrogens is 3. The first kappa shape index (κ1) is 55.6. The minimum Gasteiger partial charge on any atom is -0.512 e. The van der Waals surface area contributed by atoms with Crippen LogP contribution in [0.15, 0.2) is 176 Å². The number of hydrogen-bond donors (Lipinski definition) is 1. The maximum absolute atomic E-state index is 11.5. The molecule has 0 aliphatic carbocycles. The number of para-hydroxylation sites is 1. The van der Waals surface area contributed by atoms with Crippen molar-refractivity contribution in [2.24, 2.45) is 16.7 Å². The standard InChI is InChI=1S/C21H22N.C17H12N.C11H8N.C11H20O2.2Ir/c1-14(2)9-17-13-21(18-11-15(3)10-16(4)12-18)22-20-8-6-5-7-19(17)20;1-3-7-14(8-4-1)16-11-12-17(18-13-16)15-9-5-2-6-10-15;1-2-6-10(7-3-1)11-8-4-5-9-12-11;1-10(2,3)8(12)7-9(13)11(4,5)6;;/h5-8,10-11,13-14H,9H2,1-4H3;1-9,11-13H;1-6,8-9H;7,12H,1-6H3;;/q3*-1;;;. The molecule has 350 valence electrons. The first-order valence-corrected chi connectivity index (χ1v) is 22.2. The number of aliphatic hydroxyl groups is 1. The van der Waals surface area contributed by atoms with Gasteiger partial charge in [0.1, 0.15) is 5.76 Å². The van der Waals surface area contributed by atoms with Crippen molar-refractivity contribution in [3.63, 3.8) is 0 Å². The molecule has 2 radical (unpaired) electrons. The molecule has 5 nitrogen and oxygen atoms in total. The maximum Gasteiger partial charge on any atom is 0.164 e. The number of rotatable bonds is 7. The van der Waals surface area contributed by atoms with Crippen LogP contribution in [-0.2, 0) is 51.4 Å². The molecule has 0 unspecified atom stereocenters. The van der Waals surface area contributed by atoms with Gasteiger partial charge in [0.15, 0.2) is 5.78 Å². The van der Waals surface area contributed by atoms with E-state index in [2.05, 4.69) is 117 Å². The Morgan fingerprint density at radius 2 is 1.22 bits per heavy atom. The Morgan fingerprint density at radius 1 is 0.627 bits per heavy atom. The zero-order valence-corrected chi connectivity index (χ0v) is 45.1. The number of pyridine rings is 3. The topological polar surface area (TPSA) is 76.0 Å². The zero-order chi connectivity index (χ0) is 47.0. The Kier molecular flexibility index (Phi) is 22.1. The van der Waals surface area contributed by atoms with Crippen LogP contribution in [0, 0.1) is 48.8 Å². The quantitative estimate of drug-likeness (QED) is 0.0978. The second kappa shape index (κ2) is 26.6. The third-order valence-electron chi connectivity index (χ3n) is 10.1. The van der Waals surface area contributed by atoms with Gasteiger partial charge < -0.3 is 15.1 Å². The largest absolute Gasteiger partial charge is 0.512 e. The van der Waals surface area contributed by atoms with Gasteiger partial charge in [-0.15, -0.1) is 107 Å². The van der Waals surface area contributed by atoms with Crippen molar-refractivity contribution >= 4 is 16.7 Å². The molecule has 3 heterocycles. The molecular formula is C60H62Ir2N3O2-3. The van der Waals surface area contributed by atoms with Crippen molar-refractivity contribution in [3.05, 3.63) is 211 Å². The molecule has 0 atom stereocenters. The molecule has 7 heteroatoms. The van der Waals surface area contributed by atoms with Gasteiger partial charge in [-0.05, 0) is 58.2 Å². The van der Waals surface area contributed by atoms with Gasteiger partial charge in [-0.2, -0.15) is 0 Å². The van der Waals surface area contributed by atoms with Crippen LogP contribution < -0.4 is 0 Å². The number of fused-ring (bicyclic) bond motifs is 1. The van der Waals surface area contributed by atoms with Crippen molar-refractivity contribution in [2.75, 3.05) is 0 Å². The molecule has 0 saturated heterocycles. The van der Waals surface area contributed by atoms with Gasteiger partial charge in [-0.1, -0.05) is 148 Å². The normalized spacial score (nSPS) is 11.0. The summed E-state index contributed by atoms with van der Waals surface area (Å²) in [4.78, 5) is 25.1. The smallest absolute Gasteiger partial charge is 0.164 e. The van der Waals surface area contributed by atoms with Crippen LogP contribution in [0.25, 0.3) is 55.8 Å². The van der Waals surface area contributed by atoms with Crippen LogP contribution in [0.5, 0.6) is 0 Å². The van der Waals surface area contributed by atoms with E-state index in [0.29, 0.717) is 5.92 Å². The summed E-state index contributed by atoms with van der Waals surface area (Å²) in [5.41, 5.74) is 12.5. The Hall–Kier alpha value is -5.68. The number of aryl methyl sites for hydroxylation is 2. The van der Waals surface area contributed by atoms with E-state index in [4.69, 9.17) is 4.98 Å². The number of benzene rings is 5. The Labute approximate surface area is 427 Å².